The summed E-state index contributed by atoms with van der Waals surface area (Å²) in [6.07, 6.45) is 10.5. The molecule has 1 aromatic carbocycles. The van der Waals surface area contributed by atoms with E-state index in [-0.39, 0.29) is 5.97 Å². The number of benzene rings is 1. The Morgan fingerprint density at radius 2 is 2.12 bits per heavy atom. The van der Waals surface area contributed by atoms with Gasteiger partial charge in [0.15, 0.2) is 0 Å². The number of esters is 1. The zero-order valence-corrected chi connectivity index (χ0v) is 15.8. The SMILES string of the molecule is CC=C1CC[C@H]2[C@@H]3CCc4cc(OC(=O)CC)ccc4[C@H]3CC[C@]12C. The Morgan fingerprint density at radius 3 is 2.88 bits per heavy atom. The molecule has 0 radical (unpaired) electrons. The third-order valence-electron chi connectivity index (χ3n) is 7.41. The molecule has 2 heteroatoms. The number of fused-ring (bicyclic) bond motifs is 5. The number of hydrogen-bond donors (Lipinski definition) is 0. The molecule has 0 aliphatic heterocycles. The summed E-state index contributed by atoms with van der Waals surface area (Å²) in [5.74, 6) is 2.96. The van der Waals surface area contributed by atoms with Crippen LogP contribution in [0.2, 0.25) is 0 Å². The van der Waals surface area contributed by atoms with Crippen LogP contribution in [-0.2, 0) is 11.2 Å². The van der Waals surface area contributed by atoms with Crippen LogP contribution in [0.5, 0.6) is 5.75 Å². The van der Waals surface area contributed by atoms with Crippen molar-refractivity contribution in [3.05, 3.63) is 41.0 Å². The lowest BCUT2D eigenvalue weighted by molar-refractivity contribution is -0.134. The van der Waals surface area contributed by atoms with Gasteiger partial charge in [-0.25, -0.2) is 0 Å². The Hall–Kier alpha value is -1.57. The molecule has 0 heterocycles. The maximum Gasteiger partial charge on any atom is 0.310 e. The van der Waals surface area contributed by atoms with Gasteiger partial charge in [0.1, 0.15) is 5.75 Å². The highest BCUT2D eigenvalue weighted by molar-refractivity contribution is 5.72. The Labute approximate surface area is 151 Å². The highest BCUT2D eigenvalue weighted by Crippen LogP contribution is 2.62. The summed E-state index contributed by atoms with van der Waals surface area (Å²) in [5, 5.41) is 0. The van der Waals surface area contributed by atoms with Crippen molar-refractivity contribution in [2.45, 2.75) is 71.6 Å². The predicted molar refractivity (Wildman–Crippen MR) is 101 cm³/mol. The number of hydrogen-bond acceptors (Lipinski definition) is 2. The number of ether oxygens (including phenoxy) is 1. The average molecular weight is 338 g/mol. The van der Waals surface area contributed by atoms with Crippen LogP contribution in [-0.4, -0.2) is 5.97 Å². The molecule has 0 bridgehead atoms. The third-order valence-corrected chi connectivity index (χ3v) is 7.41. The molecular formula is C23H30O2. The van der Waals surface area contributed by atoms with Crippen molar-refractivity contribution in [1.29, 1.82) is 0 Å². The molecule has 134 valence electrons. The maximum absolute atomic E-state index is 11.6. The molecule has 0 N–H and O–H groups in total. The lowest BCUT2D eigenvalue weighted by Crippen LogP contribution is -2.40. The van der Waals surface area contributed by atoms with Crippen molar-refractivity contribution in [1.82, 2.24) is 0 Å². The second-order valence-electron chi connectivity index (χ2n) is 8.41. The summed E-state index contributed by atoms with van der Waals surface area (Å²) in [4.78, 5) is 11.6. The molecule has 0 saturated heterocycles. The monoisotopic (exact) mass is 338 g/mol. The van der Waals surface area contributed by atoms with E-state index in [0.29, 0.717) is 17.8 Å². The maximum atomic E-state index is 11.6. The van der Waals surface area contributed by atoms with E-state index in [0.717, 1.165) is 24.0 Å². The summed E-state index contributed by atoms with van der Waals surface area (Å²) < 4.78 is 5.43. The number of carbonyl (C=O) groups excluding carboxylic acids is 1. The number of carbonyl (C=O) groups is 1. The fourth-order valence-corrected chi connectivity index (χ4v) is 6.15. The second-order valence-corrected chi connectivity index (χ2v) is 8.41. The van der Waals surface area contributed by atoms with E-state index in [1.807, 2.05) is 13.0 Å². The van der Waals surface area contributed by atoms with Crippen LogP contribution in [0.25, 0.3) is 0 Å². The zero-order chi connectivity index (χ0) is 17.6. The minimum Gasteiger partial charge on any atom is -0.427 e. The first-order valence-electron chi connectivity index (χ1n) is 10.1. The normalized spacial score (nSPS) is 35.0. The van der Waals surface area contributed by atoms with Gasteiger partial charge in [0.05, 0.1) is 0 Å². The van der Waals surface area contributed by atoms with E-state index in [2.05, 4.69) is 32.1 Å². The first-order valence-corrected chi connectivity index (χ1v) is 10.1. The van der Waals surface area contributed by atoms with E-state index in [1.54, 1.807) is 5.57 Å². The minimum atomic E-state index is -0.146. The molecule has 4 rings (SSSR count). The number of aryl methyl sites for hydroxylation is 1. The minimum absolute atomic E-state index is 0.146. The van der Waals surface area contributed by atoms with Gasteiger partial charge in [-0.3, -0.25) is 4.79 Å². The lowest BCUT2D eigenvalue weighted by Gasteiger charge is -2.49. The molecule has 2 nitrogen and oxygen atoms in total. The summed E-state index contributed by atoms with van der Waals surface area (Å²) in [7, 11) is 0. The standard InChI is InChI=1S/C23H30O2/c1-4-16-7-11-21-20-9-6-15-14-17(25-22(24)5-2)8-10-18(15)19(20)12-13-23(16,21)3/h4,8,10,14,19-21H,5-7,9,11-13H2,1-3H3/t19-,20-,21+,23-/m1/s1. The van der Waals surface area contributed by atoms with Crippen LogP contribution in [0.15, 0.2) is 29.8 Å². The molecule has 25 heavy (non-hydrogen) atoms. The summed E-state index contributed by atoms with van der Waals surface area (Å²) >= 11 is 0. The molecule has 0 unspecified atom stereocenters. The van der Waals surface area contributed by atoms with Gasteiger partial charge in [-0.1, -0.05) is 31.6 Å². The molecule has 0 amide bonds. The lowest BCUT2D eigenvalue weighted by atomic mass is 9.55. The molecule has 4 atom stereocenters. The molecular weight excluding hydrogens is 308 g/mol. The highest BCUT2D eigenvalue weighted by atomic mass is 16.5. The van der Waals surface area contributed by atoms with Crippen molar-refractivity contribution in [3.8, 4) is 5.75 Å². The molecule has 0 spiro atoms. The summed E-state index contributed by atoms with van der Waals surface area (Å²) in [6.45, 7) is 6.59. The van der Waals surface area contributed by atoms with Crippen molar-refractivity contribution in [3.63, 3.8) is 0 Å². The molecule has 0 aromatic heterocycles. The van der Waals surface area contributed by atoms with Gasteiger partial charge in [-0.05, 0) is 91.9 Å². The quantitative estimate of drug-likeness (QED) is 0.387. The van der Waals surface area contributed by atoms with E-state index in [1.165, 1.54) is 43.2 Å². The van der Waals surface area contributed by atoms with Crippen LogP contribution in [0.3, 0.4) is 0 Å². The van der Waals surface area contributed by atoms with E-state index < -0.39 is 0 Å². The third kappa shape index (κ3) is 2.65. The van der Waals surface area contributed by atoms with Gasteiger partial charge in [-0.2, -0.15) is 0 Å². The van der Waals surface area contributed by atoms with Crippen molar-refractivity contribution < 1.29 is 9.53 Å². The molecule has 2 saturated carbocycles. The molecule has 1 aromatic rings. The van der Waals surface area contributed by atoms with Crippen molar-refractivity contribution in [2.75, 3.05) is 0 Å². The van der Waals surface area contributed by atoms with Crippen LogP contribution in [0.1, 0.15) is 76.3 Å². The summed E-state index contributed by atoms with van der Waals surface area (Å²) in [6, 6.07) is 6.38. The van der Waals surface area contributed by atoms with Gasteiger partial charge in [-0.15, -0.1) is 0 Å². The van der Waals surface area contributed by atoms with Gasteiger partial charge in [0.25, 0.3) is 0 Å². The van der Waals surface area contributed by atoms with E-state index in [4.69, 9.17) is 4.74 Å². The van der Waals surface area contributed by atoms with Crippen LogP contribution < -0.4 is 4.74 Å². The average Bonchev–Trinajstić information content (AvgIpc) is 2.97. The van der Waals surface area contributed by atoms with Gasteiger partial charge < -0.3 is 4.74 Å². The van der Waals surface area contributed by atoms with Gasteiger partial charge in [0, 0.05) is 6.42 Å². The van der Waals surface area contributed by atoms with Crippen molar-refractivity contribution in [2.24, 2.45) is 17.3 Å². The molecule has 3 aliphatic carbocycles. The van der Waals surface area contributed by atoms with Crippen LogP contribution in [0, 0.1) is 17.3 Å². The van der Waals surface area contributed by atoms with Gasteiger partial charge >= 0.3 is 5.97 Å². The highest BCUT2D eigenvalue weighted by Gasteiger charge is 2.52. The molecule has 3 aliphatic rings. The van der Waals surface area contributed by atoms with Crippen molar-refractivity contribution >= 4 is 5.97 Å². The summed E-state index contributed by atoms with van der Waals surface area (Å²) in [5.41, 5.74) is 5.10. The first kappa shape index (κ1) is 16.9. The fourth-order valence-electron chi connectivity index (χ4n) is 6.15. The second kappa shape index (κ2) is 6.30. The smallest absolute Gasteiger partial charge is 0.310 e. The van der Waals surface area contributed by atoms with E-state index >= 15 is 0 Å². The Balaban J connectivity index is 1.61. The van der Waals surface area contributed by atoms with Crippen LogP contribution >= 0.6 is 0 Å². The first-order chi connectivity index (χ1) is 12.1. The van der Waals surface area contributed by atoms with Crippen LogP contribution in [0.4, 0.5) is 0 Å². The fraction of sp³-hybridized carbons (Fsp3) is 0.609. The number of rotatable bonds is 2. The topological polar surface area (TPSA) is 26.3 Å². The largest absolute Gasteiger partial charge is 0.427 e. The van der Waals surface area contributed by atoms with Gasteiger partial charge in [0.2, 0.25) is 0 Å². The Morgan fingerprint density at radius 1 is 1.28 bits per heavy atom. The number of allylic oxidation sites excluding steroid dienone is 2. The molecule has 2 fully saturated rings. The predicted octanol–water partition coefficient (Wildman–Crippen LogP) is 5.80. The van der Waals surface area contributed by atoms with E-state index in [9.17, 15) is 4.79 Å². The Kier molecular flexibility index (Phi) is 4.25. The Bertz CT molecular complexity index is 717. The zero-order valence-electron chi connectivity index (χ0n) is 15.8.